The molecule has 0 spiro atoms. The highest BCUT2D eigenvalue weighted by Crippen LogP contribution is 2.20. The Morgan fingerprint density at radius 3 is 2.57 bits per heavy atom. The fourth-order valence-corrected chi connectivity index (χ4v) is 3.45. The van der Waals surface area contributed by atoms with E-state index in [1.807, 2.05) is 7.05 Å². The highest BCUT2D eigenvalue weighted by Gasteiger charge is 2.12. The maximum absolute atomic E-state index is 4.67. The van der Waals surface area contributed by atoms with Crippen molar-refractivity contribution in [3.05, 3.63) is 11.4 Å². The molecule has 1 fully saturated rings. The van der Waals surface area contributed by atoms with Gasteiger partial charge in [-0.15, -0.1) is 0 Å². The maximum atomic E-state index is 4.67. The maximum Gasteiger partial charge on any atom is 0.134 e. The highest BCUT2D eigenvalue weighted by atomic mass is 32.2. The van der Waals surface area contributed by atoms with Crippen LogP contribution >= 0.6 is 11.8 Å². The standard InChI is InChI=1S/C15H27N5S/c1-4-5-13-18-14(16-3)12(2)15(19-13)17-6-7-20-8-10-21-11-9-20/h4-11H2,1-3H3,(H2,16,17,18,19). The van der Waals surface area contributed by atoms with E-state index in [4.69, 9.17) is 0 Å². The predicted octanol–water partition coefficient (Wildman–Crippen LogP) is 2.24. The molecule has 6 heteroatoms. The van der Waals surface area contributed by atoms with Crippen LogP contribution in [0.3, 0.4) is 0 Å². The molecule has 1 saturated heterocycles. The van der Waals surface area contributed by atoms with Crippen molar-refractivity contribution >= 4 is 23.4 Å². The van der Waals surface area contributed by atoms with Crippen molar-refractivity contribution in [3.8, 4) is 0 Å². The van der Waals surface area contributed by atoms with Crippen LogP contribution in [0.4, 0.5) is 11.6 Å². The Kier molecular flexibility index (Phi) is 6.57. The molecular formula is C15H27N5S. The summed E-state index contributed by atoms with van der Waals surface area (Å²) in [5.74, 6) is 5.35. The third-order valence-electron chi connectivity index (χ3n) is 3.73. The highest BCUT2D eigenvalue weighted by molar-refractivity contribution is 7.99. The number of nitrogens with one attached hydrogen (secondary N) is 2. The van der Waals surface area contributed by atoms with Gasteiger partial charge in [0.1, 0.15) is 17.5 Å². The summed E-state index contributed by atoms with van der Waals surface area (Å²) in [6.07, 6.45) is 1.99. The van der Waals surface area contributed by atoms with Gasteiger partial charge in [0.25, 0.3) is 0 Å². The second kappa shape index (κ2) is 8.44. The smallest absolute Gasteiger partial charge is 0.134 e. The van der Waals surface area contributed by atoms with Gasteiger partial charge >= 0.3 is 0 Å². The molecular weight excluding hydrogens is 282 g/mol. The molecule has 1 aromatic heterocycles. The molecule has 21 heavy (non-hydrogen) atoms. The van der Waals surface area contributed by atoms with E-state index in [2.05, 4.69) is 51.1 Å². The normalized spacial score (nSPS) is 16.0. The fraction of sp³-hybridized carbons (Fsp3) is 0.733. The SMILES string of the molecule is CCCc1nc(NC)c(C)c(NCCN2CCSCC2)n1. The van der Waals surface area contributed by atoms with E-state index in [0.717, 1.165) is 49.0 Å². The molecule has 2 rings (SSSR count). The van der Waals surface area contributed by atoms with Crippen LogP contribution in [0, 0.1) is 6.92 Å². The minimum absolute atomic E-state index is 0.921. The molecule has 2 heterocycles. The molecule has 1 aliphatic rings. The van der Waals surface area contributed by atoms with Crippen molar-refractivity contribution in [1.29, 1.82) is 0 Å². The lowest BCUT2D eigenvalue weighted by molar-refractivity contribution is 0.314. The van der Waals surface area contributed by atoms with Gasteiger partial charge in [-0.25, -0.2) is 9.97 Å². The van der Waals surface area contributed by atoms with E-state index in [9.17, 15) is 0 Å². The van der Waals surface area contributed by atoms with Gasteiger partial charge in [-0.2, -0.15) is 11.8 Å². The first-order valence-electron chi connectivity index (χ1n) is 7.83. The molecule has 0 aromatic carbocycles. The monoisotopic (exact) mass is 309 g/mol. The van der Waals surface area contributed by atoms with E-state index < -0.39 is 0 Å². The topological polar surface area (TPSA) is 53.1 Å². The van der Waals surface area contributed by atoms with Crippen LogP contribution in [0.15, 0.2) is 0 Å². The zero-order valence-corrected chi connectivity index (χ0v) is 14.2. The molecule has 0 unspecified atom stereocenters. The molecule has 118 valence electrons. The lowest BCUT2D eigenvalue weighted by atomic mass is 10.2. The number of thioether (sulfide) groups is 1. The molecule has 1 aromatic rings. The molecule has 1 aliphatic heterocycles. The Hall–Kier alpha value is -1.01. The fourth-order valence-electron chi connectivity index (χ4n) is 2.47. The van der Waals surface area contributed by atoms with Crippen molar-refractivity contribution in [2.24, 2.45) is 0 Å². The number of nitrogens with zero attached hydrogens (tertiary/aromatic N) is 3. The summed E-state index contributed by atoms with van der Waals surface area (Å²) in [5.41, 5.74) is 1.10. The number of aromatic nitrogens is 2. The molecule has 5 nitrogen and oxygen atoms in total. The van der Waals surface area contributed by atoms with Gasteiger partial charge in [-0.3, -0.25) is 4.90 Å². The third kappa shape index (κ3) is 4.74. The minimum atomic E-state index is 0.921. The van der Waals surface area contributed by atoms with E-state index in [0.29, 0.717) is 0 Å². The number of rotatable bonds is 7. The van der Waals surface area contributed by atoms with Crippen molar-refractivity contribution in [2.45, 2.75) is 26.7 Å². The largest absolute Gasteiger partial charge is 0.373 e. The van der Waals surface area contributed by atoms with E-state index >= 15 is 0 Å². The number of aryl methyl sites for hydroxylation is 1. The predicted molar refractivity (Wildman–Crippen MR) is 92.6 cm³/mol. The summed E-state index contributed by atoms with van der Waals surface area (Å²) in [5, 5.41) is 6.66. The molecule has 0 aliphatic carbocycles. The summed E-state index contributed by atoms with van der Waals surface area (Å²) >= 11 is 2.05. The average molecular weight is 309 g/mol. The second-order valence-corrected chi connectivity index (χ2v) is 6.57. The van der Waals surface area contributed by atoms with Gasteiger partial charge in [0.15, 0.2) is 0 Å². The zero-order chi connectivity index (χ0) is 15.1. The quantitative estimate of drug-likeness (QED) is 0.806. The lowest BCUT2D eigenvalue weighted by Crippen LogP contribution is -2.36. The Balaban J connectivity index is 1.95. The van der Waals surface area contributed by atoms with Gasteiger partial charge in [0, 0.05) is 56.7 Å². The number of anilines is 2. The first-order valence-corrected chi connectivity index (χ1v) is 8.99. The second-order valence-electron chi connectivity index (χ2n) is 5.34. The van der Waals surface area contributed by atoms with E-state index in [1.165, 1.54) is 24.6 Å². The zero-order valence-electron chi connectivity index (χ0n) is 13.4. The molecule has 0 amide bonds. The van der Waals surface area contributed by atoms with Crippen LogP contribution in [0.25, 0.3) is 0 Å². The minimum Gasteiger partial charge on any atom is -0.373 e. The third-order valence-corrected chi connectivity index (χ3v) is 4.67. The summed E-state index contributed by atoms with van der Waals surface area (Å²) in [6, 6.07) is 0. The van der Waals surface area contributed by atoms with Gasteiger partial charge in [0.05, 0.1) is 0 Å². The van der Waals surface area contributed by atoms with Crippen LogP contribution < -0.4 is 10.6 Å². The molecule has 0 atom stereocenters. The average Bonchev–Trinajstić information content (AvgIpc) is 2.51. The van der Waals surface area contributed by atoms with Crippen LogP contribution in [0.5, 0.6) is 0 Å². The first kappa shape index (κ1) is 16.4. The van der Waals surface area contributed by atoms with E-state index in [1.54, 1.807) is 0 Å². The molecule has 2 N–H and O–H groups in total. The molecule has 0 bridgehead atoms. The van der Waals surface area contributed by atoms with Crippen LogP contribution in [0.1, 0.15) is 24.7 Å². The van der Waals surface area contributed by atoms with Gasteiger partial charge in [-0.1, -0.05) is 6.92 Å². The van der Waals surface area contributed by atoms with Crippen LogP contribution in [0.2, 0.25) is 0 Å². The van der Waals surface area contributed by atoms with Crippen molar-refractivity contribution in [1.82, 2.24) is 14.9 Å². The van der Waals surface area contributed by atoms with E-state index in [-0.39, 0.29) is 0 Å². The number of hydrogen-bond donors (Lipinski definition) is 2. The summed E-state index contributed by atoms with van der Waals surface area (Å²) < 4.78 is 0. The Labute approximate surface area is 132 Å². The van der Waals surface area contributed by atoms with Crippen molar-refractivity contribution in [3.63, 3.8) is 0 Å². The molecule has 0 radical (unpaired) electrons. The van der Waals surface area contributed by atoms with Crippen LogP contribution in [-0.2, 0) is 6.42 Å². The van der Waals surface area contributed by atoms with Gasteiger partial charge in [0.2, 0.25) is 0 Å². The summed E-state index contributed by atoms with van der Waals surface area (Å²) in [6.45, 7) is 8.67. The number of hydrogen-bond acceptors (Lipinski definition) is 6. The summed E-state index contributed by atoms with van der Waals surface area (Å²) in [4.78, 5) is 11.8. The Morgan fingerprint density at radius 2 is 1.90 bits per heavy atom. The Morgan fingerprint density at radius 1 is 1.19 bits per heavy atom. The van der Waals surface area contributed by atoms with Gasteiger partial charge < -0.3 is 10.6 Å². The van der Waals surface area contributed by atoms with Crippen LogP contribution in [-0.4, -0.2) is 59.6 Å². The molecule has 0 saturated carbocycles. The first-order chi connectivity index (χ1) is 10.2. The van der Waals surface area contributed by atoms with Crippen molar-refractivity contribution in [2.75, 3.05) is 55.4 Å². The lowest BCUT2D eigenvalue weighted by Gasteiger charge is -2.26. The van der Waals surface area contributed by atoms with Gasteiger partial charge in [-0.05, 0) is 13.3 Å². The Bertz CT molecular complexity index is 446. The van der Waals surface area contributed by atoms with Crippen molar-refractivity contribution < 1.29 is 0 Å². The summed E-state index contributed by atoms with van der Waals surface area (Å²) in [7, 11) is 1.92.